The third-order valence-electron chi connectivity index (χ3n) is 4.97. The molecule has 0 spiro atoms. The summed E-state index contributed by atoms with van der Waals surface area (Å²) in [5.74, 6) is 1.59. The molecule has 1 aromatic carbocycles. The predicted octanol–water partition coefficient (Wildman–Crippen LogP) is 2.81. The Labute approximate surface area is 157 Å². The Bertz CT molecular complexity index is 505. The molecule has 0 aromatic heterocycles. The zero-order valence-corrected chi connectivity index (χ0v) is 16.5. The maximum Gasteiger partial charge on any atom is 0.191 e. The molecule has 0 radical (unpaired) electrons. The van der Waals surface area contributed by atoms with Gasteiger partial charge in [0.15, 0.2) is 5.96 Å². The fraction of sp³-hybridized carbons (Fsp3) is 0.611. The van der Waals surface area contributed by atoms with Crippen LogP contribution in [-0.2, 0) is 0 Å². The van der Waals surface area contributed by atoms with Crippen molar-refractivity contribution in [2.75, 3.05) is 26.7 Å². The second kappa shape index (κ2) is 8.87. The molecule has 3 atom stereocenters. The average Bonchev–Trinajstić information content (AvgIpc) is 3.19. The minimum absolute atomic E-state index is 0. The number of nitrogens with one attached hydrogen (secondary N) is 2. The van der Waals surface area contributed by atoms with Crippen molar-refractivity contribution >= 4 is 29.9 Å². The molecular weight excluding hydrogens is 399 g/mol. The van der Waals surface area contributed by atoms with Gasteiger partial charge in [-0.15, -0.1) is 24.0 Å². The lowest BCUT2D eigenvalue weighted by molar-refractivity contribution is 0.267. The van der Waals surface area contributed by atoms with Gasteiger partial charge in [-0.25, -0.2) is 0 Å². The summed E-state index contributed by atoms with van der Waals surface area (Å²) in [7, 11) is 1.86. The Kier molecular flexibility index (Phi) is 7.14. The van der Waals surface area contributed by atoms with Crippen molar-refractivity contribution in [1.82, 2.24) is 15.5 Å². The normalized spacial score (nSPS) is 27.4. The molecule has 0 bridgehead atoms. The van der Waals surface area contributed by atoms with E-state index in [-0.39, 0.29) is 24.0 Å². The smallest absolute Gasteiger partial charge is 0.191 e. The summed E-state index contributed by atoms with van der Waals surface area (Å²) >= 11 is 0. The second-order valence-electron chi connectivity index (χ2n) is 6.38. The number of rotatable bonds is 5. The van der Waals surface area contributed by atoms with Crippen molar-refractivity contribution in [2.24, 2.45) is 4.99 Å². The molecule has 3 rings (SSSR count). The first kappa shape index (κ1) is 18.5. The fourth-order valence-corrected chi connectivity index (χ4v) is 3.55. The van der Waals surface area contributed by atoms with Gasteiger partial charge >= 0.3 is 0 Å². The molecular formula is C18H29IN4. The number of hydrogen-bond donors (Lipinski definition) is 2. The third kappa shape index (κ3) is 4.83. The zero-order chi connectivity index (χ0) is 15.4. The standard InChI is InChI=1S/C18H28N4.HI/c1-3-22-11-7-10-15(22)13-20-18(19-2)21-17-12-16(17)14-8-5-4-6-9-14;/h4-6,8-9,15-17H,3,7,10-13H2,1-2H3,(H2,19,20,21);1H. The Morgan fingerprint density at radius 2 is 2.09 bits per heavy atom. The average molecular weight is 428 g/mol. The lowest BCUT2D eigenvalue weighted by atomic mass is 10.1. The van der Waals surface area contributed by atoms with Crippen molar-refractivity contribution in [3.63, 3.8) is 0 Å². The molecule has 5 heteroatoms. The van der Waals surface area contributed by atoms with E-state index in [0.29, 0.717) is 18.0 Å². The minimum atomic E-state index is 0. The molecule has 1 heterocycles. The summed E-state index contributed by atoms with van der Waals surface area (Å²) in [5.41, 5.74) is 1.43. The second-order valence-corrected chi connectivity index (χ2v) is 6.38. The van der Waals surface area contributed by atoms with Crippen LogP contribution in [0.15, 0.2) is 35.3 Å². The van der Waals surface area contributed by atoms with Crippen molar-refractivity contribution in [3.8, 4) is 0 Å². The van der Waals surface area contributed by atoms with Crippen LogP contribution in [0.5, 0.6) is 0 Å². The van der Waals surface area contributed by atoms with E-state index in [1.807, 2.05) is 7.05 Å². The summed E-state index contributed by atoms with van der Waals surface area (Å²) in [6, 6.07) is 12.0. The van der Waals surface area contributed by atoms with Crippen LogP contribution in [0.4, 0.5) is 0 Å². The molecule has 1 aromatic rings. The van der Waals surface area contributed by atoms with Gasteiger partial charge in [-0.05, 0) is 37.9 Å². The minimum Gasteiger partial charge on any atom is -0.355 e. The topological polar surface area (TPSA) is 39.7 Å². The number of benzene rings is 1. The summed E-state index contributed by atoms with van der Waals surface area (Å²) in [6.45, 7) is 5.64. The molecule has 4 nitrogen and oxygen atoms in total. The molecule has 23 heavy (non-hydrogen) atoms. The van der Waals surface area contributed by atoms with E-state index in [9.17, 15) is 0 Å². The van der Waals surface area contributed by atoms with E-state index in [2.05, 4.69) is 57.8 Å². The largest absolute Gasteiger partial charge is 0.355 e. The van der Waals surface area contributed by atoms with Gasteiger partial charge in [0.05, 0.1) is 0 Å². The maximum absolute atomic E-state index is 4.38. The first-order chi connectivity index (χ1) is 10.8. The van der Waals surface area contributed by atoms with Gasteiger partial charge < -0.3 is 10.6 Å². The quantitative estimate of drug-likeness (QED) is 0.431. The lowest BCUT2D eigenvalue weighted by Crippen LogP contribution is -2.45. The Morgan fingerprint density at radius 3 is 2.78 bits per heavy atom. The van der Waals surface area contributed by atoms with Crippen LogP contribution in [0.2, 0.25) is 0 Å². The van der Waals surface area contributed by atoms with Crippen molar-refractivity contribution in [1.29, 1.82) is 0 Å². The summed E-state index contributed by atoms with van der Waals surface area (Å²) in [6.07, 6.45) is 3.83. The van der Waals surface area contributed by atoms with E-state index < -0.39 is 0 Å². The zero-order valence-electron chi connectivity index (χ0n) is 14.2. The van der Waals surface area contributed by atoms with Gasteiger partial charge in [-0.1, -0.05) is 37.3 Å². The van der Waals surface area contributed by atoms with Gasteiger partial charge in [0.2, 0.25) is 0 Å². The molecule has 1 saturated carbocycles. The SMILES string of the molecule is CCN1CCCC1CNC(=NC)NC1CC1c1ccccc1.I. The molecule has 128 valence electrons. The number of likely N-dealkylation sites (tertiary alicyclic amines) is 1. The van der Waals surface area contributed by atoms with E-state index in [4.69, 9.17) is 0 Å². The molecule has 1 saturated heterocycles. The molecule has 2 N–H and O–H groups in total. The van der Waals surface area contributed by atoms with Crippen LogP contribution in [0.25, 0.3) is 0 Å². The van der Waals surface area contributed by atoms with Gasteiger partial charge in [-0.2, -0.15) is 0 Å². The molecule has 1 aliphatic heterocycles. The molecule has 2 aliphatic rings. The number of aliphatic imine (C=N–C) groups is 1. The van der Waals surface area contributed by atoms with Crippen LogP contribution in [0.1, 0.15) is 37.7 Å². The van der Waals surface area contributed by atoms with Crippen molar-refractivity contribution in [3.05, 3.63) is 35.9 Å². The highest BCUT2D eigenvalue weighted by Gasteiger charge is 2.38. The van der Waals surface area contributed by atoms with Gasteiger partial charge in [-0.3, -0.25) is 9.89 Å². The fourth-order valence-electron chi connectivity index (χ4n) is 3.55. The first-order valence-electron chi connectivity index (χ1n) is 8.58. The van der Waals surface area contributed by atoms with Crippen LogP contribution >= 0.6 is 24.0 Å². The van der Waals surface area contributed by atoms with Gasteiger partial charge in [0.1, 0.15) is 0 Å². The monoisotopic (exact) mass is 428 g/mol. The highest BCUT2D eigenvalue weighted by atomic mass is 127. The third-order valence-corrected chi connectivity index (χ3v) is 4.97. The molecule has 3 unspecified atom stereocenters. The van der Waals surface area contributed by atoms with Crippen molar-refractivity contribution in [2.45, 2.75) is 44.2 Å². The predicted molar refractivity (Wildman–Crippen MR) is 108 cm³/mol. The molecule has 0 amide bonds. The highest BCUT2D eigenvalue weighted by Crippen LogP contribution is 2.40. The maximum atomic E-state index is 4.38. The lowest BCUT2D eigenvalue weighted by Gasteiger charge is -2.24. The summed E-state index contributed by atoms with van der Waals surface area (Å²) < 4.78 is 0. The molecule has 2 fully saturated rings. The number of halogens is 1. The van der Waals surface area contributed by atoms with E-state index >= 15 is 0 Å². The first-order valence-corrected chi connectivity index (χ1v) is 8.58. The van der Waals surface area contributed by atoms with Crippen LogP contribution < -0.4 is 10.6 Å². The summed E-state index contributed by atoms with van der Waals surface area (Å²) in [4.78, 5) is 6.94. The van der Waals surface area contributed by atoms with E-state index in [1.165, 1.54) is 31.4 Å². The van der Waals surface area contributed by atoms with E-state index in [1.54, 1.807) is 0 Å². The number of guanidine groups is 1. The number of likely N-dealkylation sites (N-methyl/N-ethyl adjacent to an activating group) is 1. The Balaban J connectivity index is 0.00000192. The Hall–Kier alpha value is -0.820. The van der Waals surface area contributed by atoms with Crippen LogP contribution in [0, 0.1) is 0 Å². The van der Waals surface area contributed by atoms with Gasteiger partial charge in [0, 0.05) is 31.6 Å². The summed E-state index contributed by atoms with van der Waals surface area (Å²) in [5, 5.41) is 7.08. The van der Waals surface area contributed by atoms with E-state index in [0.717, 1.165) is 19.0 Å². The van der Waals surface area contributed by atoms with Crippen molar-refractivity contribution < 1.29 is 0 Å². The van der Waals surface area contributed by atoms with Gasteiger partial charge in [0.25, 0.3) is 0 Å². The number of nitrogens with zero attached hydrogens (tertiary/aromatic N) is 2. The highest BCUT2D eigenvalue weighted by molar-refractivity contribution is 14.0. The van der Waals surface area contributed by atoms with Crippen LogP contribution in [-0.4, -0.2) is 49.6 Å². The molecule has 1 aliphatic carbocycles. The van der Waals surface area contributed by atoms with Crippen LogP contribution in [0.3, 0.4) is 0 Å². The Morgan fingerprint density at radius 1 is 1.30 bits per heavy atom. The number of hydrogen-bond acceptors (Lipinski definition) is 2.